The molecule has 1 aromatic rings. The predicted octanol–water partition coefficient (Wildman–Crippen LogP) is 1.25. The first-order valence-corrected chi connectivity index (χ1v) is 5.12. The molecule has 0 saturated heterocycles. The summed E-state index contributed by atoms with van der Waals surface area (Å²) in [6.45, 7) is 3.89. The second-order valence-electron chi connectivity index (χ2n) is 3.25. The summed E-state index contributed by atoms with van der Waals surface area (Å²) in [7, 11) is 1.62. The summed E-state index contributed by atoms with van der Waals surface area (Å²) in [5, 5.41) is 9.02. The number of anilines is 1. The van der Waals surface area contributed by atoms with Gasteiger partial charge in [-0.15, -0.1) is 0 Å². The molecule has 0 bridgehead atoms. The third-order valence-corrected chi connectivity index (χ3v) is 2.28. The molecule has 16 heavy (non-hydrogen) atoms. The Balaban J connectivity index is 2.94. The van der Waals surface area contributed by atoms with Gasteiger partial charge in [-0.1, -0.05) is 0 Å². The van der Waals surface area contributed by atoms with Crippen LogP contribution in [0.2, 0.25) is 0 Å². The predicted molar refractivity (Wildman–Crippen MR) is 61.0 cm³/mol. The van der Waals surface area contributed by atoms with Gasteiger partial charge in [-0.3, -0.25) is 0 Å². The van der Waals surface area contributed by atoms with Crippen LogP contribution in [0, 0.1) is 0 Å². The summed E-state index contributed by atoms with van der Waals surface area (Å²) in [6, 6.07) is 3.49. The topological polar surface area (TPSA) is 62.7 Å². The van der Waals surface area contributed by atoms with Crippen LogP contribution in [-0.2, 0) is 4.74 Å². The summed E-state index contributed by atoms with van der Waals surface area (Å²) in [5.41, 5.74) is 0.718. The largest absolute Gasteiger partial charge is 0.476 e. The lowest BCUT2D eigenvalue weighted by Gasteiger charge is -2.23. The molecule has 0 spiro atoms. The number of hydrogen-bond acceptors (Lipinski definition) is 4. The highest BCUT2D eigenvalue weighted by Gasteiger charge is 2.15. The zero-order chi connectivity index (χ0) is 12.0. The SMILES string of the molecule is CCN(CCOC)c1cccnc1C(=O)O. The Bertz CT molecular complexity index is 355. The molecule has 0 aliphatic carbocycles. The number of rotatable bonds is 6. The fraction of sp³-hybridized carbons (Fsp3) is 0.455. The van der Waals surface area contributed by atoms with Crippen molar-refractivity contribution in [3.8, 4) is 0 Å². The van der Waals surface area contributed by atoms with E-state index in [4.69, 9.17) is 9.84 Å². The minimum Gasteiger partial charge on any atom is -0.476 e. The van der Waals surface area contributed by atoms with Gasteiger partial charge in [-0.25, -0.2) is 9.78 Å². The normalized spacial score (nSPS) is 10.1. The Morgan fingerprint density at radius 2 is 2.38 bits per heavy atom. The number of methoxy groups -OCH3 is 1. The van der Waals surface area contributed by atoms with Crippen LogP contribution >= 0.6 is 0 Å². The number of carboxylic acids is 1. The van der Waals surface area contributed by atoms with E-state index >= 15 is 0 Å². The summed E-state index contributed by atoms with van der Waals surface area (Å²) < 4.78 is 4.99. The number of pyridine rings is 1. The van der Waals surface area contributed by atoms with Crippen LogP contribution in [0.4, 0.5) is 5.69 Å². The van der Waals surface area contributed by atoms with Crippen LogP contribution in [0.3, 0.4) is 0 Å². The van der Waals surface area contributed by atoms with E-state index in [0.717, 1.165) is 6.54 Å². The smallest absolute Gasteiger partial charge is 0.356 e. The van der Waals surface area contributed by atoms with Crippen molar-refractivity contribution in [3.05, 3.63) is 24.0 Å². The average Bonchev–Trinajstić information content (AvgIpc) is 2.30. The Hall–Kier alpha value is -1.62. The molecule has 0 atom stereocenters. The molecule has 1 rings (SSSR count). The maximum atomic E-state index is 11.0. The number of carbonyl (C=O) groups is 1. The fourth-order valence-electron chi connectivity index (χ4n) is 1.47. The molecule has 1 aromatic heterocycles. The minimum absolute atomic E-state index is 0.0838. The van der Waals surface area contributed by atoms with Gasteiger partial charge in [0.25, 0.3) is 0 Å². The second kappa shape index (κ2) is 6.07. The van der Waals surface area contributed by atoms with Crippen molar-refractivity contribution < 1.29 is 14.6 Å². The number of aromatic carboxylic acids is 1. The van der Waals surface area contributed by atoms with Crippen molar-refractivity contribution >= 4 is 11.7 Å². The lowest BCUT2D eigenvalue weighted by molar-refractivity contribution is 0.0691. The average molecular weight is 224 g/mol. The molecule has 0 unspecified atom stereocenters. The third-order valence-electron chi connectivity index (χ3n) is 2.28. The Morgan fingerprint density at radius 3 is 2.94 bits per heavy atom. The number of nitrogens with zero attached hydrogens (tertiary/aromatic N) is 2. The van der Waals surface area contributed by atoms with Crippen molar-refractivity contribution in [1.29, 1.82) is 0 Å². The highest BCUT2D eigenvalue weighted by Crippen LogP contribution is 2.17. The summed E-state index contributed by atoms with van der Waals surface area (Å²) in [5.74, 6) is -1.01. The van der Waals surface area contributed by atoms with E-state index in [1.807, 2.05) is 11.8 Å². The highest BCUT2D eigenvalue weighted by atomic mass is 16.5. The standard InChI is InChI=1S/C11H16N2O3/c1-3-13(7-8-16-2)9-5-4-6-12-10(9)11(14)15/h4-6H,3,7-8H2,1-2H3,(H,14,15). The zero-order valence-electron chi connectivity index (χ0n) is 9.51. The molecule has 1 heterocycles. The number of ether oxygens (including phenoxy) is 1. The fourth-order valence-corrected chi connectivity index (χ4v) is 1.47. The molecule has 0 fully saturated rings. The van der Waals surface area contributed by atoms with Gasteiger partial charge in [0, 0.05) is 26.4 Å². The maximum Gasteiger partial charge on any atom is 0.356 e. The first-order valence-electron chi connectivity index (χ1n) is 5.12. The molecule has 0 aliphatic rings. The van der Waals surface area contributed by atoms with Gasteiger partial charge in [0.1, 0.15) is 0 Å². The molecular weight excluding hydrogens is 208 g/mol. The van der Waals surface area contributed by atoms with Crippen LogP contribution < -0.4 is 4.90 Å². The molecule has 88 valence electrons. The first kappa shape index (κ1) is 12.4. The zero-order valence-corrected chi connectivity index (χ0v) is 9.51. The molecule has 0 aliphatic heterocycles. The molecule has 0 radical (unpaired) electrons. The molecule has 0 amide bonds. The Labute approximate surface area is 94.7 Å². The molecule has 5 nitrogen and oxygen atoms in total. The van der Waals surface area contributed by atoms with Gasteiger partial charge in [-0.05, 0) is 19.1 Å². The van der Waals surface area contributed by atoms with E-state index in [9.17, 15) is 4.79 Å². The van der Waals surface area contributed by atoms with Gasteiger partial charge >= 0.3 is 5.97 Å². The highest BCUT2D eigenvalue weighted by molar-refractivity contribution is 5.92. The molecule has 0 saturated carbocycles. The van der Waals surface area contributed by atoms with Crippen molar-refractivity contribution in [3.63, 3.8) is 0 Å². The number of likely N-dealkylation sites (N-methyl/N-ethyl adjacent to an activating group) is 1. The van der Waals surface area contributed by atoms with Gasteiger partial charge in [0.05, 0.1) is 12.3 Å². The van der Waals surface area contributed by atoms with Crippen molar-refractivity contribution in [2.45, 2.75) is 6.92 Å². The van der Waals surface area contributed by atoms with E-state index in [1.165, 1.54) is 6.20 Å². The summed E-state index contributed by atoms with van der Waals surface area (Å²) >= 11 is 0. The molecule has 5 heteroatoms. The van der Waals surface area contributed by atoms with E-state index < -0.39 is 5.97 Å². The molecular formula is C11H16N2O3. The van der Waals surface area contributed by atoms with E-state index in [-0.39, 0.29) is 5.69 Å². The molecule has 1 N–H and O–H groups in total. The van der Waals surface area contributed by atoms with Crippen molar-refractivity contribution in [2.75, 3.05) is 31.7 Å². The van der Waals surface area contributed by atoms with Crippen molar-refractivity contribution in [2.24, 2.45) is 0 Å². The minimum atomic E-state index is -1.01. The summed E-state index contributed by atoms with van der Waals surface area (Å²) in [6.07, 6.45) is 1.48. The number of aromatic nitrogens is 1. The monoisotopic (exact) mass is 224 g/mol. The third kappa shape index (κ3) is 2.93. The summed E-state index contributed by atoms with van der Waals surface area (Å²) in [4.78, 5) is 16.8. The van der Waals surface area contributed by atoms with E-state index in [1.54, 1.807) is 19.2 Å². The first-order chi connectivity index (χ1) is 7.70. The van der Waals surface area contributed by atoms with Crippen LogP contribution in [-0.4, -0.2) is 42.9 Å². The Morgan fingerprint density at radius 1 is 1.62 bits per heavy atom. The lowest BCUT2D eigenvalue weighted by atomic mass is 10.2. The van der Waals surface area contributed by atoms with Gasteiger partial charge in [0.15, 0.2) is 5.69 Å². The van der Waals surface area contributed by atoms with Gasteiger partial charge in [0.2, 0.25) is 0 Å². The van der Waals surface area contributed by atoms with Gasteiger partial charge in [-0.2, -0.15) is 0 Å². The van der Waals surface area contributed by atoms with Crippen LogP contribution in [0.25, 0.3) is 0 Å². The van der Waals surface area contributed by atoms with E-state index in [0.29, 0.717) is 18.8 Å². The number of hydrogen-bond donors (Lipinski definition) is 1. The second-order valence-corrected chi connectivity index (χ2v) is 3.25. The Kier molecular flexibility index (Phi) is 4.72. The van der Waals surface area contributed by atoms with Crippen LogP contribution in [0.15, 0.2) is 18.3 Å². The lowest BCUT2D eigenvalue weighted by Crippen LogP contribution is -2.28. The van der Waals surface area contributed by atoms with Crippen LogP contribution in [0.1, 0.15) is 17.4 Å². The van der Waals surface area contributed by atoms with Crippen molar-refractivity contribution in [1.82, 2.24) is 4.98 Å². The van der Waals surface area contributed by atoms with E-state index in [2.05, 4.69) is 4.98 Å². The number of carboxylic acid groups (broad SMARTS) is 1. The van der Waals surface area contributed by atoms with Crippen LogP contribution in [0.5, 0.6) is 0 Å². The quantitative estimate of drug-likeness (QED) is 0.788. The van der Waals surface area contributed by atoms with Gasteiger partial charge < -0.3 is 14.7 Å². The molecule has 0 aromatic carbocycles. The maximum absolute atomic E-state index is 11.0.